The van der Waals surface area contributed by atoms with E-state index in [1.807, 2.05) is 0 Å². The Balaban J connectivity index is 1.56. The highest BCUT2D eigenvalue weighted by Crippen LogP contribution is 2.40. The normalized spacial score (nSPS) is 14.6. The highest BCUT2D eigenvalue weighted by Gasteiger charge is 2.36. The molecule has 186 valence electrons. The Labute approximate surface area is 220 Å². The minimum atomic E-state index is -0.602. The number of amides is 2. The second-order valence-corrected chi connectivity index (χ2v) is 9.45. The van der Waals surface area contributed by atoms with Crippen LogP contribution in [0.4, 0.5) is 13.6 Å². The van der Waals surface area contributed by atoms with Crippen LogP contribution < -0.4 is 9.47 Å². The number of rotatable bonds is 8. The summed E-state index contributed by atoms with van der Waals surface area (Å²) < 4.78 is 38.8. The van der Waals surface area contributed by atoms with Gasteiger partial charge in [0.1, 0.15) is 18.2 Å². The van der Waals surface area contributed by atoms with E-state index < -0.39 is 17.0 Å². The van der Waals surface area contributed by atoms with Crippen molar-refractivity contribution in [3.8, 4) is 11.5 Å². The lowest BCUT2D eigenvalue weighted by Crippen LogP contribution is -2.28. The first-order valence-electron chi connectivity index (χ1n) is 10.8. The third-order valence-corrected chi connectivity index (χ3v) is 6.72. The van der Waals surface area contributed by atoms with Gasteiger partial charge in [-0.1, -0.05) is 41.4 Å². The lowest BCUT2D eigenvalue weighted by atomic mass is 10.1. The molecule has 1 heterocycles. The Morgan fingerprint density at radius 2 is 1.75 bits per heavy atom. The number of halogens is 4. The van der Waals surface area contributed by atoms with Crippen molar-refractivity contribution >= 4 is 52.2 Å². The Bertz CT molecular complexity index is 1330. The molecular weight excluding hydrogens is 531 g/mol. The molecule has 0 aliphatic carbocycles. The average Bonchev–Trinajstić information content (AvgIpc) is 3.09. The first-order chi connectivity index (χ1) is 17.3. The van der Waals surface area contributed by atoms with Crippen molar-refractivity contribution in [2.75, 3.05) is 6.61 Å². The van der Waals surface area contributed by atoms with E-state index in [-0.39, 0.29) is 39.5 Å². The zero-order valence-electron chi connectivity index (χ0n) is 18.9. The third-order valence-electron chi connectivity index (χ3n) is 5.18. The molecule has 10 heteroatoms. The number of hydrogen-bond acceptors (Lipinski definition) is 5. The van der Waals surface area contributed by atoms with E-state index in [2.05, 4.69) is 0 Å². The van der Waals surface area contributed by atoms with Crippen molar-refractivity contribution in [1.29, 1.82) is 0 Å². The highest BCUT2D eigenvalue weighted by atomic mass is 35.5. The molecule has 0 N–H and O–H groups in total. The number of imide groups is 1. The summed E-state index contributed by atoms with van der Waals surface area (Å²) in [6, 6.07) is 13.2. The van der Waals surface area contributed by atoms with Gasteiger partial charge >= 0.3 is 0 Å². The van der Waals surface area contributed by atoms with Crippen molar-refractivity contribution in [2.24, 2.45) is 0 Å². The predicted octanol–water partition coefficient (Wildman–Crippen LogP) is 7.49. The SMILES string of the molecule is CCOc1cc(/C=C2\SC(=O)N(Cc3c(F)cccc3Cl)C2=O)cc(Cl)c1OCc1ccc(F)cc1. The van der Waals surface area contributed by atoms with Gasteiger partial charge in [-0.05, 0) is 72.3 Å². The molecule has 1 aliphatic rings. The second-order valence-electron chi connectivity index (χ2n) is 7.65. The van der Waals surface area contributed by atoms with Crippen LogP contribution >= 0.6 is 35.0 Å². The van der Waals surface area contributed by atoms with Crippen LogP contribution in [-0.4, -0.2) is 22.7 Å². The minimum Gasteiger partial charge on any atom is -0.490 e. The predicted molar refractivity (Wildman–Crippen MR) is 136 cm³/mol. The molecule has 1 fully saturated rings. The molecule has 4 rings (SSSR count). The van der Waals surface area contributed by atoms with Crippen molar-refractivity contribution < 1.29 is 27.8 Å². The van der Waals surface area contributed by atoms with Crippen LogP contribution in [0, 0.1) is 11.6 Å². The summed E-state index contributed by atoms with van der Waals surface area (Å²) >= 11 is 13.2. The van der Waals surface area contributed by atoms with E-state index in [9.17, 15) is 18.4 Å². The summed E-state index contributed by atoms with van der Waals surface area (Å²) in [6.45, 7) is 1.97. The van der Waals surface area contributed by atoms with Gasteiger partial charge in [-0.2, -0.15) is 0 Å². The number of nitrogens with zero attached hydrogens (tertiary/aromatic N) is 1. The van der Waals surface area contributed by atoms with Gasteiger partial charge in [-0.25, -0.2) is 8.78 Å². The topological polar surface area (TPSA) is 55.8 Å². The monoisotopic (exact) mass is 549 g/mol. The molecule has 0 bridgehead atoms. The van der Waals surface area contributed by atoms with Crippen LogP contribution in [-0.2, 0) is 17.9 Å². The van der Waals surface area contributed by atoms with Crippen molar-refractivity contribution in [3.63, 3.8) is 0 Å². The highest BCUT2D eigenvalue weighted by molar-refractivity contribution is 8.18. The van der Waals surface area contributed by atoms with Crippen molar-refractivity contribution in [2.45, 2.75) is 20.1 Å². The first kappa shape index (κ1) is 26.0. The van der Waals surface area contributed by atoms with Gasteiger partial charge in [-0.3, -0.25) is 14.5 Å². The zero-order valence-corrected chi connectivity index (χ0v) is 21.2. The van der Waals surface area contributed by atoms with Crippen LogP contribution in [0.3, 0.4) is 0 Å². The Kier molecular flexibility index (Phi) is 8.18. The molecule has 0 saturated carbocycles. The van der Waals surface area contributed by atoms with Crippen molar-refractivity contribution in [1.82, 2.24) is 4.90 Å². The Morgan fingerprint density at radius 1 is 1.00 bits per heavy atom. The number of thioether (sulfide) groups is 1. The maximum absolute atomic E-state index is 14.2. The van der Waals surface area contributed by atoms with Gasteiger partial charge in [-0.15, -0.1) is 0 Å². The zero-order chi connectivity index (χ0) is 25.8. The molecule has 0 unspecified atom stereocenters. The molecule has 0 atom stereocenters. The van der Waals surface area contributed by atoms with Crippen LogP contribution in [0.25, 0.3) is 6.08 Å². The second kappa shape index (κ2) is 11.3. The molecule has 3 aromatic carbocycles. The summed E-state index contributed by atoms with van der Waals surface area (Å²) in [5, 5.41) is -0.185. The van der Waals surface area contributed by atoms with Crippen LogP contribution in [0.15, 0.2) is 59.5 Å². The van der Waals surface area contributed by atoms with Crippen LogP contribution in [0.5, 0.6) is 11.5 Å². The van der Waals surface area contributed by atoms with E-state index in [0.717, 1.165) is 22.2 Å². The minimum absolute atomic E-state index is 0.0621. The van der Waals surface area contributed by atoms with Gasteiger partial charge in [0, 0.05) is 10.6 Å². The molecule has 5 nitrogen and oxygen atoms in total. The number of carbonyl (C=O) groups excluding carboxylic acids is 2. The fourth-order valence-corrected chi connectivity index (χ4v) is 4.77. The molecule has 3 aromatic rings. The van der Waals surface area contributed by atoms with E-state index >= 15 is 0 Å². The molecule has 36 heavy (non-hydrogen) atoms. The van der Waals surface area contributed by atoms with Gasteiger partial charge in [0.25, 0.3) is 11.1 Å². The summed E-state index contributed by atoms with van der Waals surface area (Å²) in [5.41, 5.74) is 1.31. The largest absolute Gasteiger partial charge is 0.490 e. The Morgan fingerprint density at radius 3 is 2.44 bits per heavy atom. The van der Waals surface area contributed by atoms with Gasteiger partial charge in [0.15, 0.2) is 11.5 Å². The lowest BCUT2D eigenvalue weighted by molar-refractivity contribution is -0.123. The number of carbonyl (C=O) groups is 2. The fraction of sp³-hybridized carbons (Fsp3) is 0.154. The maximum Gasteiger partial charge on any atom is 0.293 e. The average molecular weight is 550 g/mol. The summed E-state index contributed by atoms with van der Waals surface area (Å²) in [5.74, 6) is -0.888. The fourth-order valence-electron chi connectivity index (χ4n) is 3.44. The van der Waals surface area contributed by atoms with Gasteiger partial charge in [0.2, 0.25) is 0 Å². The maximum atomic E-state index is 14.2. The smallest absolute Gasteiger partial charge is 0.293 e. The van der Waals surface area contributed by atoms with Crippen LogP contribution in [0.1, 0.15) is 23.6 Å². The van der Waals surface area contributed by atoms with Gasteiger partial charge < -0.3 is 9.47 Å². The molecule has 1 aliphatic heterocycles. The summed E-state index contributed by atoms with van der Waals surface area (Å²) in [7, 11) is 0. The molecule has 0 radical (unpaired) electrons. The first-order valence-corrected chi connectivity index (χ1v) is 12.4. The van der Waals surface area contributed by atoms with Crippen LogP contribution in [0.2, 0.25) is 10.0 Å². The third kappa shape index (κ3) is 5.83. The molecule has 0 spiro atoms. The van der Waals surface area contributed by atoms with E-state index in [1.54, 1.807) is 31.2 Å². The van der Waals surface area contributed by atoms with E-state index in [0.29, 0.717) is 23.7 Å². The van der Waals surface area contributed by atoms with Crippen molar-refractivity contribution in [3.05, 3.63) is 97.9 Å². The summed E-state index contributed by atoms with van der Waals surface area (Å²) in [4.78, 5) is 26.5. The van der Waals surface area contributed by atoms with E-state index in [1.165, 1.54) is 36.4 Å². The summed E-state index contributed by atoms with van der Waals surface area (Å²) in [6.07, 6.45) is 1.51. The number of hydrogen-bond donors (Lipinski definition) is 0. The molecule has 2 amide bonds. The number of ether oxygens (including phenoxy) is 2. The van der Waals surface area contributed by atoms with E-state index in [4.69, 9.17) is 32.7 Å². The molecule has 0 aromatic heterocycles. The quantitative estimate of drug-likeness (QED) is 0.272. The Hall–Kier alpha value is -3.07. The van der Waals surface area contributed by atoms with Gasteiger partial charge in [0.05, 0.1) is 23.1 Å². The number of benzene rings is 3. The molecule has 1 saturated heterocycles. The lowest BCUT2D eigenvalue weighted by Gasteiger charge is -2.15. The molecular formula is C26H19Cl2F2NO4S. The standard InChI is InChI=1S/C26H19Cl2F2NO4S/c1-2-34-22-11-16(10-20(28)24(22)35-14-15-6-8-17(29)9-7-15)12-23-25(32)31(26(33)36-23)13-18-19(27)4-3-5-21(18)30/h3-12H,2,13-14H2,1H3/b23-12-.